The van der Waals surface area contributed by atoms with Crippen LogP contribution in [0.3, 0.4) is 0 Å². The van der Waals surface area contributed by atoms with Crippen LogP contribution in [0.1, 0.15) is 31.1 Å². The topological polar surface area (TPSA) is 243 Å². The maximum Gasteiger partial charge on any atom is 0.336 e. The number of amides is 1. The maximum absolute atomic E-state index is 10.5. The monoisotopic (exact) mass is 471 g/mol. The van der Waals surface area contributed by atoms with Gasteiger partial charge in [0.25, 0.3) is 11.4 Å². The lowest BCUT2D eigenvalue weighted by molar-refractivity contribution is -0.394. The number of nitrogen functional groups attached to an aromatic ring is 1. The number of nitro benzene ring substituents is 2. The van der Waals surface area contributed by atoms with Gasteiger partial charge < -0.3 is 21.7 Å². The molecular weight excluding hydrogens is 454 g/mol. The van der Waals surface area contributed by atoms with Gasteiger partial charge in [-0.2, -0.15) is 0 Å². The number of nitrogens with two attached hydrogens (primary N) is 2. The summed E-state index contributed by atoms with van der Waals surface area (Å²) in [5, 5.41) is 37.7. The van der Waals surface area contributed by atoms with Crippen LogP contribution in [0.4, 0.5) is 17.1 Å². The van der Waals surface area contributed by atoms with E-state index < -0.39 is 44.6 Å². The number of anilines is 1. The summed E-state index contributed by atoms with van der Waals surface area (Å²) >= 11 is 0. The zero-order chi connectivity index (χ0) is 25.8. The smallest absolute Gasteiger partial charge is 0.336 e. The molecule has 6 N–H and O–H groups in total. The Labute approximate surface area is 190 Å². The van der Waals surface area contributed by atoms with Crippen LogP contribution in [0.15, 0.2) is 67.0 Å². The van der Waals surface area contributed by atoms with Gasteiger partial charge in [0.2, 0.25) is 5.91 Å². The molecule has 0 unspecified atom stereocenters. The van der Waals surface area contributed by atoms with Crippen molar-refractivity contribution in [3.63, 3.8) is 0 Å². The standard InChI is InChI=1S/C7H4N2O6.C7H7NO2.C6H6N2O/c10-7(11)4-1-5(8(12)13)3-6(2-4)9(14)15;8-6-3-1-2-5(4-6)7(9)10;7-6(9)5-1-3-8-4-2-5/h1-3H,(H,10,11);1-4H,8H2,(H,9,10);1-4H,(H2,7,9). The second-order valence-electron chi connectivity index (χ2n) is 6.09. The molecule has 0 bridgehead atoms. The van der Waals surface area contributed by atoms with Gasteiger partial charge in [0.15, 0.2) is 0 Å². The van der Waals surface area contributed by atoms with Crippen LogP contribution in [0.25, 0.3) is 0 Å². The van der Waals surface area contributed by atoms with E-state index in [1.54, 1.807) is 24.3 Å². The van der Waals surface area contributed by atoms with E-state index in [0.717, 1.165) is 12.1 Å². The normalized spacial score (nSPS) is 9.29. The molecule has 176 valence electrons. The fourth-order valence-corrected chi connectivity index (χ4v) is 2.12. The Hall–Kier alpha value is -5.40. The van der Waals surface area contributed by atoms with Gasteiger partial charge in [0.05, 0.1) is 27.0 Å². The minimum Gasteiger partial charge on any atom is -0.478 e. The second kappa shape index (κ2) is 12.5. The van der Waals surface area contributed by atoms with Crippen molar-refractivity contribution in [1.29, 1.82) is 0 Å². The van der Waals surface area contributed by atoms with Crippen molar-refractivity contribution >= 4 is 34.9 Å². The molecule has 3 aromatic rings. The largest absolute Gasteiger partial charge is 0.478 e. The van der Waals surface area contributed by atoms with Gasteiger partial charge in [-0.1, -0.05) is 6.07 Å². The number of non-ortho nitro benzene ring substituents is 2. The molecule has 1 amide bonds. The Morgan fingerprint density at radius 3 is 1.59 bits per heavy atom. The first-order valence-corrected chi connectivity index (χ1v) is 8.88. The van der Waals surface area contributed by atoms with Crippen LogP contribution in [0, 0.1) is 20.2 Å². The Kier molecular flexibility index (Phi) is 9.76. The number of carbonyl (C=O) groups excluding carboxylic acids is 1. The number of benzene rings is 2. The van der Waals surface area contributed by atoms with Crippen molar-refractivity contribution in [3.8, 4) is 0 Å². The van der Waals surface area contributed by atoms with Gasteiger partial charge in [-0.15, -0.1) is 0 Å². The summed E-state index contributed by atoms with van der Waals surface area (Å²) in [4.78, 5) is 53.8. The fourth-order valence-electron chi connectivity index (χ4n) is 2.12. The van der Waals surface area contributed by atoms with Gasteiger partial charge in [-0.25, -0.2) is 9.59 Å². The van der Waals surface area contributed by atoms with Crippen LogP contribution >= 0.6 is 0 Å². The third kappa shape index (κ3) is 8.76. The minimum atomic E-state index is -1.46. The van der Waals surface area contributed by atoms with Gasteiger partial charge in [-0.3, -0.25) is 30.0 Å². The van der Waals surface area contributed by atoms with Crippen molar-refractivity contribution in [2.45, 2.75) is 0 Å². The molecule has 0 spiro atoms. The molecule has 34 heavy (non-hydrogen) atoms. The third-order valence-corrected chi connectivity index (χ3v) is 3.67. The molecule has 0 radical (unpaired) electrons. The van der Waals surface area contributed by atoms with E-state index in [9.17, 15) is 34.6 Å². The van der Waals surface area contributed by atoms with Gasteiger partial charge in [0.1, 0.15) is 0 Å². The molecule has 1 aromatic heterocycles. The van der Waals surface area contributed by atoms with Crippen molar-refractivity contribution in [2.75, 3.05) is 5.73 Å². The average Bonchev–Trinajstić information content (AvgIpc) is 2.80. The zero-order valence-electron chi connectivity index (χ0n) is 17.1. The first kappa shape index (κ1) is 26.6. The highest BCUT2D eigenvalue weighted by atomic mass is 16.6. The van der Waals surface area contributed by atoms with Crippen molar-refractivity contribution < 1.29 is 34.4 Å². The number of hydrogen-bond acceptors (Lipinski definition) is 9. The maximum atomic E-state index is 10.5. The quantitative estimate of drug-likeness (QED) is 0.239. The Morgan fingerprint density at radius 1 is 0.765 bits per heavy atom. The summed E-state index contributed by atoms with van der Waals surface area (Å²) in [5.41, 5.74) is 9.73. The van der Waals surface area contributed by atoms with E-state index in [-0.39, 0.29) is 5.56 Å². The summed E-state index contributed by atoms with van der Waals surface area (Å²) in [7, 11) is 0. The van der Waals surface area contributed by atoms with E-state index in [1.807, 2.05) is 0 Å². The molecule has 14 nitrogen and oxygen atoms in total. The number of rotatable bonds is 5. The highest BCUT2D eigenvalue weighted by Crippen LogP contribution is 2.22. The van der Waals surface area contributed by atoms with E-state index in [2.05, 4.69) is 4.98 Å². The van der Waals surface area contributed by atoms with Crippen LogP contribution in [-0.4, -0.2) is 42.9 Å². The minimum absolute atomic E-state index is 0.222. The summed E-state index contributed by atoms with van der Waals surface area (Å²) in [6.07, 6.45) is 3.06. The number of aromatic nitrogens is 1. The summed E-state index contributed by atoms with van der Waals surface area (Å²) in [6.45, 7) is 0. The van der Waals surface area contributed by atoms with Crippen LogP contribution in [0.2, 0.25) is 0 Å². The number of carbonyl (C=O) groups is 3. The Morgan fingerprint density at radius 2 is 1.26 bits per heavy atom. The number of pyridine rings is 1. The highest BCUT2D eigenvalue weighted by molar-refractivity contribution is 5.92. The number of hydrogen-bond donors (Lipinski definition) is 4. The number of carboxylic acids is 2. The summed E-state index contributed by atoms with van der Waals surface area (Å²) in [6, 6.07) is 11.5. The molecular formula is C20H17N5O9. The predicted molar refractivity (Wildman–Crippen MR) is 117 cm³/mol. The van der Waals surface area contributed by atoms with Crippen LogP contribution < -0.4 is 11.5 Å². The predicted octanol–water partition coefficient (Wildman–Crippen LogP) is 2.35. The average molecular weight is 471 g/mol. The Balaban J connectivity index is 0.000000266. The summed E-state index contributed by atoms with van der Waals surface area (Å²) < 4.78 is 0. The first-order valence-electron chi connectivity index (χ1n) is 8.88. The third-order valence-electron chi connectivity index (χ3n) is 3.67. The number of nitrogens with zero attached hydrogens (tertiary/aromatic N) is 3. The molecule has 0 aliphatic carbocycles. The lowest BCUT2D eigenvalue weighted by atomic mass is 10.2. The van der Waals surface area contributed by atoms with E-state index in [4.69, 9.17) is 21.7 Å². The van der Waals surface area contributed by atoms with E-state index in [0.29, 0.717) is 17.3 Å². The fraction of sp³-hybridized carbons (Fsp3) is 0. The van der Waals surface area contributed by atoms with E-state index in [1.165, 1.54) is 24.5 Å². The lowest BCUT2D eigenvalue weighted by Crippen LogP contribution is -2.10. The SMILES string of the molecule is NC(=O)c1ccncc1.Nc1cccc(C(=O)O)c1.O=C(O)c1cc([N+](=O)[O-])cc([N+](=O)[O-])c1. The van der Waals surface area contributed by atoms with Crippen molar-refractivity contribution in [1.82, 2.24) is 4.98 Å². The van der Waals surface area contributed by atoms with Gasteiger partial charge >= 0.3 is 11.9 Å². The zero-order valence-corrected chi connectivity index (χ0v) is 17.1. The molecule has 0 atom stereocenters. The summed E-state index contributed by atoms with van der Waals surface area (Å²) in [5.74, 6) is -2.83. The molecule has 3 rings (SSSR count). The molecule has 1 heterocycles. The lowest BCUT2D eigenvalue weighted by Gasteiger charge is -1.96. The van der Waals surface area contributed by atoms with Gasteiger partial charge in [-0.05, 0) is 30.3 Å². The molecule has 0 saturated carbocycles. The molecule has 0 fully saturated rings. The van der Waals surface area contributed by atoms with Crippen LogP contribution in [0.5, 0.6) is 0 Å². The molecule has 14 heteroatoms. The molecule has 0 aliphatic rings. The number of nitro groups is 2. The van der Waals surface area contributed by atoms with Crippen molar-refractivity contribution in [3.05, 3.63) is 104 Å². The Bertz CT molecular complexity index is 1140. The number of aromatic carboxylic acids is 2. The van der Waals surface area contributed by atoms with Crippen LogP contribution in [-0.2, 0) is 0 Å². The number of carboxylic acid groups (broad SMARTS) is 2. The second-order valence-corrected chi connectivity index (χ2v) is 6.09. The van der Waals surface area contributed by atoms with E-state index >= 15 is 0 Å². The molecule has 0 aliphatic heterocycles. The van der Waals surface area contributed by atoms with Gasteiger partial charge in [0, 0.05) is 35.8 Å². The highest BCUT2D eigenvalue weighted by Gasteiger charge is 2.19. The van der Waals surface area contributed by atoms with Crippen molar-refractivity contribution in [2.24, 2.45) is 5.73 Å². The number of primary amides is 1. The first-order chi connectivity index (χ1) is 15.9. The molecule has 2 aromatic carbocycles. The molecule has 0 saturated heterocycles.